The molecule has 1 aliphatic carbocycles. The predicted molar refractivity (Wildman–Crippen MR) is 121 cm³/mol. The highest BCUT2D eigenvalue weighted by molar-refractivity contribution is 5.86. The van der Waals surface area contributed by atoms with Gasteiger partial charge in [-0.05, 0) is 50.4 Å². The maximum atomic E-state index is 13.5. The largest absolute Gasteiger partial charge is 0.497 e. The summed E-state index contributed by atoms with van der Waals surface area (Å²) in [4.78, 5) is 30.4. The normalized spacial score (nSPS) is 38.8. The molecule has 4 aliphatic rings. The summed E-state index contributed by atoms with van der Waals surface area (Å²) >= 11 is 0. The summed E-state index contributed by atoms with van der Waals surface area (Å²) < 4.78 is 16.7. The Hall–Kier alpha value is -2.32. The number of aliphatic hydroxyl groups is 1. The van der Waals surface area contributed by atoms with E-state index >= 15 is 0 Å². The molecule has 3 fully saturated rings. The van der Waals surface area contributed by atoms with Crippen LogP contribution in [0, 0.1) is 5.41 Å². The molecule has 1 aromatic carbocycles. The summed E-state index contributed by atoms with van der Waals surface area (Å²) in [5.41, 5.74) is -1.06. The van der Waals surface area contributed by atoms with Gasteiger partial charge in [-0.2, -0.15) is 0 Å². The highest BCUT2D eigenvalue weighted by Gasteiger charge is 2.80. The number of anilines is 1. The first-order valence-electron chi connectivity index (χ1n) is 11.9. The third-order valence-electron chi connectivity index (χ3n) is 9.05. The number of benzene rings is 1. The molecule has 1 aromatic rings. The van der Waals surface area contributed by atoms with E-state index in [4.69, 9.17) is 14.2 Å². The minimum absolute atomic E-state index is 0.0279. The number of ether oxygens (including phenoxy) is 3. The van der Waals surface area contributed by atoms with Crippen LogP contribution in [0.1, 0.15) is 45.1 Å². The smallest absolute Gasteiger partial charge is 0.344 e. The third-order valence-corrected chi connectivity index (χ3v) is 9.05. The molecule has 5 rings (SSSR count). The Kier molecular flexibility index (Phi) is 5.00. The zero-order valence-corrected chi connectivity index (χ0v) is 20.1. The van der Waals surface area contributed by atoms with Gasteiger partial charge in [0.25, 0.3) is 0 Å². The van der Waals surface area contributed by atoms with E-state index in [1.807, 2.05) is 24.1 Å². The van der Waals surface area contributed by atoms with Crippen LogP contribution in [-0.2, 0) is 24.5 Å². The Bertz CT molecular complexity index is 999. The molecule has 1 N–H and O–H groups in total. The summed E-state index contributed by atoms with van der Waals surface area (Å²) in [7, 11) is 4.82. The fourth-order valence-electron chi connectivity index (χ4n) is 8.16. The van der Waals surface area contributed by atoms with Crippen molar-refractivity contribution in [1.29, 1.82) is 0 Å². The lowest BCUT2D eigenvalue weighted by atomic mass is 9.46. The van der Waals surface area contributed by atoms with Gasteiger partial charge in [0.1, 0.15) is 5.75 Å². The second kappa shape index (κ2) is 7.34. The van der Waals surface area contributed by atoms with Crippen LogP contribution in [0.25, 0.3) is 0 Å². The van der Waals surface area contributed by atoms with Gasteiger partial charge in [0.15, 0.2) is 6.10 Å². The van der Waals surface area contributed by atoms with Crippen LogP contribution in [0.2, 0.25) is 0 Å². The Morgan fingerprint density at radius 2 is 1.94 bits per heavy atom. The molecule has 33 heavy (non-hydrogen) atoms. The third kappa shape index (κ3) is 2.54. The van der Waals surface area contributed by atoms with Crippen molar-refractivity contribution in [1.82, 2.24) is 4.90 Å². The first kappa shape index (κ1) is 22.5. The van der Waals surface area contributed by atoms with Gasteiger partial charge in [0, 0.05) is 42.6 Å². The van der Waals surface area contributed by atoms with Crippen LogP contribution >= 0.6 is 0 Å². The summed E-state index contributed by atoms with van der Waals surface area (Å²) in [6.45, 7) is 5.25. The lowest BCUT2D eigenvalue weighted by molar-refractivity contribution is -0.242. The molecule has 0 aromatic heterocycles. The second-order valence-corrected chi connectivity index (χ2v) is 10.1. The molecule has 180 valence electrons. The number of carbonyl (C=O) groups excluding carboxylic acids is 2. The number of nitrogens with zero attached hydrogens (tertiary/aromatic N) is 2. The molecule has 0 amide bonds. The number of esters is 2. The maximum Gasteiger partial charge on any atom is 0.344 e. The predicted octanol–water partition coefficient (Wildman–Crippen LogP) is 1.87. The van der Waals surface area contributed by atoms with Gasteiger partial charge >= 0.3 is 11.9 Å². The van der Waals surface area contributed by atoms with Gasteiger partial charge in [0.05, 0.1) is 20.3 Å². The van der Waals surface area contributed by atoms with E-state index < -0.39 is 40.5 Å². The van der Waals surface area contributed by atoms with Crippen LogP contribution in [0.4, 0.5) is 5.69 Å². The van der Waals surface area contributed by atoms with Crippen molar-refractivity contribution in [3.8, 4) is 5.75 Å². The molecule has 3 aliphatic heterocycles. The number of likely N-dealkylation sites (N-methyl/N-ethyl adjacent to an activating group) is 1. The minimum Gasteiger partial charge on any atom is -0.497 e. The number of piperidine rings is 1. The van der Waals surface area contributed by atoms with Crippen molar-refractivity contribution in [2.75, 3.05) is 39.3 Å². The Morgan fingerprint density at radius 1 is 1.18 bits per heavy atom. The van der Waals surface area contributed by atoms with E-state index in [1.165, 1.54) is 14.0 Å². The Labute approximate surface area is 194 Å². The molecule has 0 radical (unpaired) electrons. The minimum atomic E-state index is -2.03. The highest BCUT2D eigenvalue weighted by atomic mass is 16.6. The zero-order chi connectivity index (χ0) is 23.8. The fourth-order valence-corrected chi connectivity index (χ4v) is 8.16. The quantitative estimate of drug-likeness (QED) is 0.684. The van der Waals surface area contributed by atoms with Crippen molar-refractivity contribution in [3.63, 3.8) is 0 Å². The van der Waals surface area contributed by atoms with Crippen molar-refractivity contribution < 1.29 is 28.9 Å². The van der Waals surface area contributed by atoms with Gasteiger partial charge < -0.3 is 24.2 Å². The molecule has 0 unspecified atom stereocenters. The molecule has 1 spiro atoms. The average Bonchev–Trinajstić information content (AvgIpc) is 3.32. The Morgan fingerprint density at radius 3 is 2.58 bits per heavy atom. The summed E-state index contributed by atoms with van der Waals surface area (Å²) in [6.07, 6.45) is 2.16. The molecule has 6 atom stereocenters. The first-order chi connectivity index (χ1) is 15.7. The monoisotopic (exact) mass is 458 g/mol. The number of hydrogen-bond acceptors (Lipinski definition) is 8. The van der Waals surface area contributed by atoms with Crippen LogP contribution < -0.4 is 9.64 Å². The molecule has 1 saturated carbocycles. The van der Waals surface area contributed by atoms with E-state index in [1.54, 1.807) is 7.11 Å². The number of hydrogen-bond donors (Lipinski definition) is 1. The maximum absolute atomic E-state index is 13.5. The SMILES string of the molecule is CC[C@]12CCCN3CC[C@@]4(c5ccc(OC)cc5N(C)[C@H]4[C@@](O)(C(=O)OC)[C@@H]1OC(C)=O)[C@H]32. The van der Waals surface area contributed by atoms with Crippen LogP contribution in [0.15, 0.2) is 18.2 Å². The molecular weight excluding hydrogens is 424 g/mol. The zero-order valence-electron chi connectivity index (χ0n) is 20.1. The molecule has 0 bridgehead atoms. The van der Waals surface area contributed by atoms with Crippen molar-refractivity contribution in [2.45, 2.75) is 68.7 Å². The van der Waals surface area contributed by atoms with Gasteiger partial charge in [-0.25, -0.2) is 4.79 Å². The number of rotatable bonds is 4. The van der Waals surface area contributed by atoms with Gasteiger partial charge in [-0.3, -0.25) is 9.69 Å². The molecule has 8 nitrogen and oxygen atoms in total. The van der Waals surface area contributed by atoms with Crippen LogP contribution in [0.3, 0.4) is 0 Å². The lowest BCUT2D eigenvalue weighted by Gasteiger charge is -2.65. The summed E-state index contributed by atoms with van der Waals surface area (Å²) in [6, 6.07) is 5.41. The molecule has 3 heterocycles. The molecule has 2 saturated heterocycles. The van der Waals surface area contributed by atoms with Gasteiger partial charge in [-0.15, -0.1) is 0 Å². The van der Waals surface area contributed by atoms with Gasteiger partial charge in [0.2, 0.25) is 5.60 Å². The van der Waals surface area contributed by atoms with E-state index in [0.29, 0.717) is 12.2 Å². The molecule has 8 heteroatoms. The average molecular weight is 459 g/mol. The van der Waals surface area contributed by atoms with Crippen molar-refractivity contribution >= 4 is 17.6 Å². The summed E-state index contributed by atoms with van der Waals surface area (Å²) in [5, 5.41) is 12.5. The van der Waals surface area contributed by atoms with Gasteiger partial charge in [-0.1, -0.05) is 13.0 Å². The van der Waals surface area contributed by atoms with Crippen molar-refractivity contribution in [3.05, 3.63) is 23.8 Å². The van der Waals surface area contributed by atoms with E-state index in [0.717, 1.165) is 43.6 Å². The van der Waals surface area contributed by atoms with Crippen LogP contribution in [0.5, 0.6) is 5.75 Å². The topological polar surface area (TPSA) is 88.5 Å². The second-order valence-electron chi connectivity index (χ2n) is 10.1. The highest BCUT2D eigenvalue weighted by Crippen LogP contribution is 2.68. The van der Waals surface area contributed by atoms with E-state index in [-0.39, 0.29) is 6.04 Å². The number of methoxy groups -OCH3 is 2. The standard InChI is InChI=1S/C25H34N2O6/c1-6-23-10-7-12-27-13-11-24(19(23)27)17-9-8-16(31-4)14-18(17)26(3)20(24)25(30,22(29)32-5)21(23)33-15(2)28/h8-9,14,19-21,30H,6-7,10-13H2,1-5H3/t19-,20-,21-,23-,24-,25+/m1/s1. The summed E-state index contributed by atoms with van der Waals surface area (Å²) in [5.74, 6) is -0.535. The Balaban J connectivity index is 1.84. The van der Waals surface area contributed by atoms with Crippen molar-refractivity contribution in [2.24, 2.45) is 5.41 Å². The molecular formula is C25H34N2O6. The number of carbonyl (C=O) groups is 2. The number of fused-ring (bicyclic) bond motifs is 1. The fraction of sp³-hybridized carbons (Fsp3) is 0.680. The van der Waals surface area contributed by atoms with E-state index in [9.17, 15) is 14.7 Å². The lowest BCUT2D eigenvalue weighted by Crippen LogP contribution is -2.82. The first-order valence-corrected chi connectivity index (χ1v) is 11.9. The van der Waals surface area contributed by atoms with Crippen LogP contribution in [-0.4, -0.2) is 80.1 Å². The van der Waals surface area contributed by atoms with E-state index in [2.05, 4.69) is 17.9 Å².